The highest BCUT2D eigenvalue weighted by Gasteiger charge is 2.05. The SMILES string of the molecule is C(=C\c1ccc2oc3ccccc3c2c1)/c1ccccc1. The first-order valence-corrected chi connectivity index (χ1v) is 7.04. The van der Waals surface area contributed by atoms with E-state index in [4.69, 9.17) is 4.42 Å². The van der Waals surface area contributed by atoms with Crippen molar-refractivity contribution in [3.63, 3.8) is 0 Å². The van der Waals surface area contributed by atoms with E-state index in [0.29, 0.717) is 0 Å². The second kappa shape index (κ2) is 4.95. The zero-order chi connectivity index (χ0) is 14.1. The van der Waals surface area contributed by atoms with Crippen molar-refractivity contribution in [1.29, 1.82) is 0 Å². The molecule has 0 spiro atoms. The molecular formula is C20H14O. The third kappa shape index (κ3) is 2.23. The number of benzene rings is 3. The van der Waals surface area contributed by atoms with Crippen LogP contribution < -0.4 is 0 Å². The topological polar surface area (TPSA) is 13.1 Å². The summed E-state index contributed by atoms with van der Waals surface area (Å²) in [5, 5.41) is 2.34. The van der Waals surface area contributed by atoms with E-state index >= 15 is 0 Å². The maximum atomic E-state index is 5.85. The van der Waals surface area contributed by atoms with Crippen molar-refractivity contribution in [2.24, 2.45) is 0 Å². The van der Waals surface area contributed by atoms with E-state index in [-0.39, 0.29) is 0 Å². The van der Waals surface area contributed by atoms with Gasteiger partial charge in [-0.05, 0) is 29.3 Å². The van der Waals surface area contributed by atoms with Crippen LogP contribution in [-0.2, 0) is 0 Å². The fourth-order valence-corrected chi connectivity index (χ4v) is 2.60. The van der Waals surface area contributed by atoms with Gasteiger partial charge in [0, 0.05) is 10.8 Å². The molecule has 0 unspecified atom stereocenters. The van der Waals surface area contributed by atoms with Gasteiger partial charge >= 0.3 is 0 Å². The maximum Gasteiger partial charge on any atom is 0.135 e. The second-order valence-electron chi connectivity index (χ2n) is 5.10. The molecule has 0 N–H and O–H groups in total. The summed E-state index contributed by atoms with van der Waals surface area (Å²) in [7, 11) is 0. The van der Waals surface area contributed by atoms with Crippen molar-refractivity contribution in [3.05, 3.63) is 83.9 Å². The zero-order valence-corrected chi connectivity index (χ0v) is 11.5. The fourth-order valence-electron chi connectivity index (χ4n) is 2.60. The zero-order valence-electron chi connectivity index (χ0n) is 11.5. The lowest BCUT2D eigenvalue weighted by molar-refractivity contribution is 0.669. The molecule has 100 valence electrons. The molecule has 1 heterocycles. The maximum absolute atomic E-state index is 5.85. The largest absolute Gasteiger partial charge is 0.456 e. The minimum Gasteiger partial charge on any atom is -0.456 e. The third-order valence-electron chi connectivity index (χ3n) is 3.67. The molecule has 4 rings (SSSR count). The van der Waals surface area contributed by atoms with Gasteiger partial charge in [-0.15, -0.1) is 0 Å². The predicted molar refractivity (Wildman–Crippen MR) is 89.1 cm³/mol. The number of hydrogen-bond acceptors (Lipinski definition) is 1. The van der Waals surface area contributed by atoms with Gasteiger partial charge in [-0.25, -0.2) is 0 Å². The Morgan fingerprint density at radius 1 is 0.571 bits per heavy atom. The highest BCUT2D eigenvalue weighted by Crippen LogP contribution is 2.29. The Labute approximate surface area is 123 Å². The summed E-state index contributed by atoms with van der Waals surface area (Å²) in [5.41, 5.74) is 4.26. The van der Waals surface area contributed by atoms with Gasteiger partial charge in [-0.3, -0.25) is 0 Å². The molecule has 0 radical (unpaired) electrons. The molecule has 1 nitrogen and oxygen atoms in total. The standard InChI is InChI=1S/C20H14O/c1-2-6-15(7-3-1)10-11-16-12-13-20-18(14-16)17-8-4-5-9-19(17)21-20/h1-14H/b11-10+. The smallest absolute Gasteiger partial charge is 0.135 e. The summed E-state index contributed by atoms with van der Waals surface area (Å²) in [6.07, 6.45) is 4.26. The third-order valence-corrected chi connectivity index (χ3v) is 3.67. The first-order valence-electron chi connectivity index (χ1n) is 7.04. The van der Waals surface area contributed by atoms with Crippen LogP contribution in [0.1, 0.15) is 11.1 Å². The van der Waals surface area contributed by atoms with Crippen molar-refractivity contribution in [3.8, 4) is 0 Å². The molecule has 0 aliphatic heterocycles. The van der Waals surface area contributed by atoms with E-state index in [1.165, 1.54) is 21.9 Å². The van der Waals surface area contributed by atoms with Gasteiger partial charge in [0.05, 0.1) is 0 Å². The van der Waals surface area contributed by atoms with Gasteiger partial charge in [0.15, 0.2) is 0 Å². The molecule has 0 aliphatic rings. The molecule has 0 atom stereocenters. The van der Waals surface area contributed by atoms with Crippen molar-refractivity contribution in [2.45, 2.75) is 0 Å². The van der Waals surface area contributed by atoms with Gasteiger partial charge in [0.25, 0.3) is 0 Å². The summed E-state index contributed by atoms with van der Waals surface area (Å²) in [6, 6.07) is 24.8. The molecule has 0 saturated heterocycles. The van der Waals surface area contributed by atoms with E-state index < -0.39 is 0 Å². The summed E-state index contributed by atoms with van der Waals surface area (Å²) < 4.78 is 5.85. The van der Waals surface area contributed by atoms with E-state index in [1.54, 1.807) is 0 Å². The molecule has 4 aromatic rings. The summed E-state index contributed by atoms with van der Waals surface area (Å²) >= 11 is 0. The monoisotopic (exact) mass is 270 g/mol. The average Bonchev–Trinajstić information content (AvgIpc) is 2.92. The fraction of sp³-hybridized carbons (Fsp3) is 0. The predicted octanol–water partition coefficient (Wildman–Crippen LogP) is 5.76. The van der Waals surface area contributed by atoms with E-state index in [1.807, 2.05) is 42.5 Å². The van der Waals surface area contributed by atoms with Crippen LogP contribution in [0.3, 0.4) is 0 Å². The summed E-state index contributed by atoms with van der Waals surface area (Å²) in [4.78, 5) is 0. The Bertz CT molecular complexity index is 930. The minimum atomic E-state index is 0.938. The van der Waals surface area contributed by atoms with Crippen LogP contribution in [0.5, 0.6) is 0 Å². The highest BCUT2D eigenvalue weighted by molar-refractivity contribution is 6.05. The molecule has 0 saturated carbocycles. The molecule has 21 heavy (non-hydrogen) atoms. The molecule has 0 bridgehead atoms. The van der Waals surface area contributed by atoms with Crippen molar-refractivity contribution in [1.82, 2.24) is 0 Å². The van der Waals surface area contributed by atoms with Crippen molar-refractivity contribution < 1.29 is 4.42 Å². The number of rotatable bonds is 2. The molecule has 3 aromatic carbocycles. The average molecular weight is 270 g/mol. The molecule has 0 amide bonds. The number of fused-ring (bicyclic) bond motifs is 3. The normalized spacial score (nSPS) is 11.6. The Morgan fingerprint density at radius 2 is 1.29 bits per heavy atom. The van der Waals surface area contributed by atoms with E-state index in [9.17, 15) is 0 Å². The Balaban J connectivity index is 1.80. The first-order chi connectivity index (χ1) is 10.4. The van der Waals surface area contributed by atoms with Crippen LogP contribution in [0.4, 0.5) is 0 Å². The van der Waals surface area contributed by atoms with Gasteiger partial charge in [-0.1, -0.05) is 66.7 Å². The van der Waals surface area contributed by atoms with Crippen LogP contribution in [-0.4, -0.2) is 0 Å². The lowest BCUT2D eigenvalue weighted by Gasteiger charge is -1.95. The first kappa shape index (κ1) is 12.0. The Morgan fingerprint density at radius 3 is 2.19 bits per heavy atom. The highest BCUT2D eigenvalue weighted by atomic mass is 16.3. The van der Waals surface area contributed by atoms with Crippen LogP contribution in [0.15, 0.2) is 77.2 Å². The van der Waals surface area contributed by atoms with Gasteiger partial charge < -0.3 is 4.42 Å². The van der Waals surface area contributed by atoms with Crippen molar-refractivity contribution in [2.75, 3.05) is 0 Å². The second-order valence-corrected chi connectivity index (χ2v) is 5.10. The lowest BCUT2D eigenvalue weighted by atomic mass is 10.1. The number of furan rings is 1. The van der Waals surface area contributed by atoms with Crippen molar-refractivity contribution >= 4 is 34.1 Å². The summed E-state index contributed by atoms with van der Waals surface area (Å²) in [5.74, 6) is 0. The van der Waals surface area contributed by atoms with Crippen LogP contribution in [0.25, 0.3) is 34.1 Å². The number of hydrogen-bond donors (Lipinski definition) is 0. The van der Waals surface area contributed by atoms with Gasteiger partial charge in [-0.2, -0.15) is 0 Å². The van der Waals surface area contributed by atoms with Crippen LogP contribution in [0.2, 0.25) is 0 Å². The lowest BCUT2D eigenvalue weighted by Crippen LogP contribution is -1.73. The minimum absolute atomic E-state index is 0.938. The molecule has 0 fully saturated rings. The van der Waals surface area contributed by atoms with E-state index in [2.05, 4.69) is 42.5 Å². The molecule has 1 heteroatoms. The summed E-state index contributed by atoms with van der Waals surface area (Å²) in [6.45, 7) is 0. The van der Waals surface area contributed by atoms with Gasteiger partial charge in [0.2, 0.25) is 0 Å². The molecule has 1 aromatic heterocycles. The van der Waals surface area contributed by atoms with Gasteiger partial charge in [0.1, 0.15) is 11.2 Å². The van der Waals surface area contributed by atoms with E-state index in [0.717, 1.165) is 11.2 Å². The molecule has 0 aliphatic carbocycles. The molecular weight excluding hydrogens is 256 g/mol. The Hall–Kier alpha value is -2.80. The van der Waals surface area contributed by atoms with Crippen LogP contribution >= 0.6 is 0 Å². The quantitative estimate of drug-likeness (QED) is 0.422. The Kier molecular flexibility index (Phi) is 2.82. The van der Waals surface area contributed by atoms with Crippen LogP contribution in [0, 0.1) is 0 Å². The number of para-hydroxylation sites is 1.